The molecule has 230 valence electrons. The van der Waals surface area contributed by atoms with Gasteiger partial charge in [-0.1, -0.05) is 29.5 Å². The molecule has 0 aromatic carbocycles. The Morgan fingerprint density at radius 1 is 0.700 bits per heavy atom. The topological polar surface area (TPSA) is 300 Å². The van der Waals surface area contributed by atoms with Crippen molar-refractivity contribution < 1.29 is 68.4 Å². The molecule has 0 bridgehead atoms. The Hall–Kier alpha value is -3.74. The van der Waals surface area contributed by atoms with Crippen molar-refractivity contribution in [2.75, 3.05) is 23.8 Å². The van der Waals surface area contributed by atoms with E-state index in [1.807, 2.05) is 11.9 Å². The first-order valence-corrected chi connectivity index (χ1v) is 13.5. The zero-order chi connectivity index (χ0) is 32.5. The molecule has 0 aliphatic rings. The molecule has 40 heavy (non-hydrogen) atoms. The minimum Gasteiger partial charge on any atom is -0.481 e. The van der Waals surface area contributed by atoms with Gasteiger partial charge in [0.15, 0.2) is 0 Å². The van der Waals surface area contributed by atoms with Crippen LogP contribution in [0, 0.1) is 0 Å². The van der Waals surface area contributed by atoms with Gasteiger partial charge < -0.3 is 41.7 Å². The minimum atomic E-state index is -1.26. The number of alkyl halides is 1. The number of hydrogen-bond acceptors (Lipinski definition) is 11. The number of urea groups is 2. The van der Waals surface area contributed by atoms with Gasteiger partial charge in [-0.2, -0.15) is 31.8 Å². The van der Waals surface area contributed by atoms with E-state index in [9.17, 15) is 28.8 Å². The molecule has 8 N–H and O–H groups in total. The van der Waals surface area contributed by atoms with Gasteiger partial charge in [0.1, 0.15) is 12.1 Å². The molecule has 2 atom stereocenters. The van der Waals surface area contributed by atoms with E-state index in [0.29, 0.717) is 18.8 Å². The lowest BCUT2D eigenvalue weighted by atomic mass is 10.1. The van der Waals surface area contributed by atoms with Gasteiger partial charge in [-0.05, 0) is 24.2 Å². The van der Waals surface area contributed by atoms with Crippen LogP contribution in [-0.4, -0.2) is 105 Å². The van der Waals surface area contributed by atoms with Crippen molar-refractivity contribution in [3.8, 4) is 0 Å². The molecule has 0 radical (unpaired) electrons. The molecule has 4 amide bonds. The molecule has 0 unspecified atom stereocenters. The summed E-state index contributed by atoms with van der Waals surface area (Å²) in [4.78, 5) is 98.6. The summed E-state index contributed by atoms with van der Waals surface area (Å²) < 4.78 is 0. The van der Waals surface area contributed by atoms with E-state index in [1.54, 1.807) is 0 Å². The Bertz CT molecular complexity index is 753. The summed E-state index contributed by atoms with van der Waals surface area (Å²) in [5, 5.41) is 43.4. The number of carbonyl (C=O) groups excluding carboxylic acids is 6. The number of amides is 4. The van der Waals surface area contributed by atoms with Crippen LogP contribution in [0.15, 0.2) is 0 Å². The second kappa shape index (κ2) is 35.3. The first kappa shape index (κ1) is 46.1. The van der Waals surface area contributed by atoms with E-state index in [2.05, 4.69) is 56.5 Å². The van der Waals surface area contributed by atoms with Gasteiger partial charge in [0.25, 0.3) is 0 Å². The Labute approximate surface area is 247 Å². The monoisotopic (exact) mass is 711 g/mol. The predicted molar refractivity (Wildman–Crippen MR) is 144 cm³/mol. The number of nitrogens with one attached hydrogen (secondary N) is 4. The summed E-state index contributed by atoms with van der Waals surface area (Å²) >= 11 is 6.01. The van der Waals surface area contributed by atoms with Crippen molar-refractivity contribution in [3.63, 3.8) is 0 Å². The van der Waals surface area contributed by atoms with E-state index >= 15 is 0 Å². The summed E-state index contributed by atoms with van der Waals surface area (Å²) in [5.74, 6) is -4.28. The third kappa shape index (κ3) is 41.4. The zero-order valence-corrected chi connectivity index (χ0v) is 24.6. The van der Waals surface area contributed by atoms with E-state index in [0.717, 1.165) is 6.42 Å². The highest BCUT2D eigenvalue weighted by atomic mass is 127. The second-order valence-corrected chi connectivity index (χ2v) is 6.78. The molecule has 0 aliphatic carbocycles. The number of carboxylic acid groups (broad SMARTS) is 4. The number of hydrogen-bond donors (Lipinski definition) is 9. The first-order valence-electron chi connectivity index (χ1n) is 10.7. The Kier molecular flexibility index (Phi) is 40.7. The fourth-order valence-electron chi connectivity index (χ4n) is 1.88. The number of rotatable bonds is 14. The molecule has 0 fully saturated rings. The summed E-state index contributed by atoms with van der Waals surface area (Å²) in [6, 6.07) is -3.62. The molecule has 0 aromatic heterocycles. The summed E-state index contributed by atoms with van der Waals surface area (Å²) in [6.07, 6.45) is 0.332. The van der Waals surface area contributed by atoms with Crippen molar-refractivity contribution in [2.24, 2.45) is 0 Å². The molecule has 0 heterocycles. The van der Waals surface area contributed by atoms with Crippen LogP contribution in [0.2, 0.25) is 0 Å². The van der Waals surface area contributed by atoms with E-state index in [-0.39, 0.29) is 38.0 Å². The number of halogens is 1. The van der Waals surface area contributed by atoms with Gasteiger partial charge in [0.2, 0.25) is 0 Å². The summed E-state index contributed by atoms with van der Waals surface area (Å²) in [7, 11) is 0. The van der Waals surface area contributed by atoms with Gasteiger partial charge in [0.05, 0.1) is 0 Å². The molecule has 0 saturated heterocycles. The van der Waals surface area contributed by atoms with Crippen LogP contribution in [-0.2, 0) is 38.4 Å². The lowest BCUT2D eigenvalue weighted by molar-refractivity contribution is -0.193. The third-order valence-electron chi connectivity index (χ3n) is 3.43. The van der Waals surface area contributed by atoms with Crippen molar-refractivity contribution in [1.82, 2.24) is 21.3 Å². The van der Waals surface area contributed by atoms with Crippen LogP contribution in [0.25, 0.3) is 0 Å². The molecule has 20 heteroatoms. The van der Waals surface area contributed by atoms with Crippen LogP contribution in [0.5, 0.6) is 0 Å². The normalized spacial score (nSPS) is 9.80. The number of thiol groups is 1. The van der Waals surface area contributed by atoms with Crippen molar-refractivity contribution in [2.45, 2.75) is 51.1 Å². The van der Waals surface area contributed by atoms with Crippen LogP contribution < -0.4 is 21.3 Å². The average molecular weight is 711 g/mol. The molecule has 18 nitrogen and oxygen atoms in total. The standard InChI is InChI=1S/C9H16N2O5.C8H14N2O5S.CH3I.2CO2/c1-2-5-10-9(16)11-6(8(14)15)3-4-7(12)13;11-6(12)2-1-5(7(13)14)10-8(15)9-3-4-16;1-2;2*2-1-3/h6H,2-5H2,1H3,(H,12,13)(H,14,15)(H2,10,11,16);5,16H,1-4H2,(H,11,12)(H,13,14)(H2,9,10,15);1H3;;/t6-;5-;;;/m00.../s1/i;;1-1;;. The highest BCUT2D eigenvalue weighted by Crippen LogP contribution is 1.98. The SMILES string of the molecule is CCCNC(=O)N[C@@H](CCC(=O)O)C(=O)O.O=C(O)CC[C@H](NC(=O)NCCS)C(=O)O.O=C=O.O=C=O.[11CH3]I. The predicted octanol–water partition coefficient (Wildman–Crippen LogP) is -0.569. The van der Waals surface area contributed by atoms with Crippen LogP contribution in [0.3, 0.4) is 0 Å². The second-order valence-electron chi connectivity index (χ2n) is 6.34. The number of aliphatic carboxylic acids is 4. The highest BCUT2D eigenvalue weighted by molar-refractivity contribution is 14.1. The van der Waals surface area contributed by atoms with Gasteiger partial charge >= 0.3 is 48.2 Å². The molecule has 0 spiro atoms. The highest BCUT2D eigenvalue weighted by Gasteiger charge is 2.21. The number of carbonyl (C=O) groups is 6. The molecule has 0 aromatic rings. The van der Waals surface area contributed by atoms with Crippen LogP contribution in [0.1, 0.15) is 39.0 Å². The zero-order valence-electron chi connectivity index (χ0n) is 21.5. The maximum absolute atomic E-state index is 11.1. The largest absolute Gasteiger partial charge is 0.481 e. The molecule has 0 saturated carbocycles. The fraction of sp³-hybridized carbons (Fsp3) is 0.600. The molecule has 0 rings (SSSR count). The average Bonchev–Trinajstić information content (AvgIpc) is 2.88. The maximum atomic E-state index is 11.1. The van der Waals surface area contributed by atoms with Crippen molar-refractivity contribution in [3.05, 3.63) is 0 Å². The van der Waals surface area contributed by atoms with Crippen LogP contribution in [0.4, 0.5) is 9.59 Å². The Balaban J connectivity index is -0.000000162. The van der Waals surface area contributed by atoms with Crippen molar-refractivity contribution in [1.29, 1.82) is 0 Å². The minimum absolute atomic E-state index is 0.135. The molecule has 0 aliphatic heterocycles. The van der Waals surface area contributed by atoms with Gasteiger partial charge in [-0.15, -0.1) is 0 Å². The smallest absolute Gasteiger partial charge is 0.373 e. The first-order chi connectivity index (χ1) is 18.8. The van der Waals surface area contributed by atoms with Gasteiger partial charge in [-0.25, -0.2) is 19.2 Å². The molecular weight excluding hydrogens is 678 g/mol. The van der Waals surface area contributed by atoms with Crippen LogP contribution >= 0.6 is 35.2 Å². The van der Waals surface area contributed by atoms with E-state index in [4.69, 9.17) is 39.6 Å². The van der Waals surface area contributed by atoms with E-state index in [1.165, 1.54) is 0 Å². The lowest BCUT2D eigenvalue weighted by Crippen LogP contribution is -2.46. The van der Waals surface area contributed by atoms with Gasteiger partial charge in [-0.3, -0.25) is 9.59 Å². The Morgan fingerprint density at radius 2 is 1.00 bits per heavy atom. The maximum Gasteiger partial charge on any atom is 0.373 e. The van der Waals surface area contributed by atoms with Crippen molar-refractivity contribution >= 4 is 83.5 Å². The number of carboxylic acids is 4. The Morgan fingerprint density at radius 3 is 1.23 bits per heavy atom. The summed E-state index contributed by atoms with van der Waals surface area (Å²) in [6.45, 7) is 2.61. The molecular formula is C20H33IN4O14S. The quantitative estimate of drug-likeness (QED) is 0.0620. The third-order valence-corrected chi connectivity index (χ3v) is 3.66. The van der Waals surface area contributed by atoms with E-state index < -0.39 is 48.0 Å². The fourth-order valence-corrected chi connectivity index (χ4v) is 1.99. The van der Waals surface area contributed by atoms with Gasteiger partial charge in [0, 0.05) is 31.7 Å². The lowest BCUT2D eigenvalue weighted by Gasteiger charge is -2.13. The summed E-state index contributed by atoms with van der Waals surface area (Å²) in [5.41, 5.74) is 0.